The van der Waals surface area contributed by atoms with Gasteiger partial charge < -0.3 is 14.9 Å². The number of hydrogen-bond donors (Lipinski definition) is 2. The van der Waals surface area contributed by atoms with E-state index in [0.29, 0.717) is 22.5 Å². The Morgan fingerprint density at radius 1 is 1.33 bits per heavy atom. The first kappa shape index (κ1) is 14.7. The Balaban J connectivity index is 1.98. The molecule has 0 radical (unpaired) electrons. The van der Waals surface area contributed by atoms with Gasteiger partial charge in [0.05, 0.1) is 6.04 Å². The quantitative estimate of drug-likeness (QED) is 0.653. The van der Waals surface area contributed by atoms with E-state index in [1.807, 2.05) is 30.3 Å². The molecule has 6 nitrogen and oxygen atoms in total. The van der Waals surface area contributed by atoms with Crippen LogP contribution >= 0.6 is 0 Å². The molecule has 0 aliphatic heterocycles. The van der Waals surface area contributed by atoms with Crippen LogP contribution in [0.1, 0.15) is 12.7 Å². The highest BCUT2D eigenvalue weighted by molar-refractivity contribution is 5.71. The van der Waals surface area contributed by atoms with Crippen LogP contribution in [0.15, 0.2) is 53.0 Å². The Morgan fingerprint density at radius 3 is 2.71 bits per heavy atom. The zero-order valence-electron chi connectivity index (χ0n) is 11.5. The molecule has 0 saturated heterocycles. The normalized spacial score (nSPS) is 12.3. The molecule has 0 aliphatic carbocycles. The van der Waals surface area contributed by atoms with Crippen molar-refractivity contribution in [1.82, 2.24) is 5.06 Å². The number of primary amides is 1. The van der Waals surface area contributed by atoms with Gasteiger partial charge in [-0.15, -0.1) is 0 Å². The monoisotopic (exact) mass is 288 g/mol. The Morgan fingerprint density at radius 2 is 2.05 bits per heavy atom. The summed E-state index contributed by atoms with van der Waals surface area (Å²) in [6.07, 6.45) is 3.20. The maximum absolute atomic E-state index is 10.8. The lowest BCUT2D eigenvalue weighted by molar-refractivity contribution is -0.0560. The van der Waals surface area contributed by atoms with Crippen LogP contribution < -0.4 is 10.5 Å². The third-order valence-electron chi connectivity index (χ3n) is 2.71. The number of amides is 2. The Bertz CT molecular complexity index is 622. The van der Waals surface area contributed by atoms with Gasteiger partial charge in [-0.25, -0.2) is 4.79 Å². The number of ether oxygens (including phenoxy) is 1. The van der Waals surface area contributed by atoms with E-state index in [1.165, 1.54) is 0 Å². The van der Waals surface area contributed by atoms with Crippen molar-refractivity contribution in [3.05, 3.63) is 54.3 Å². The number of para-hydroxylation sites is 1. The first-order valence-electron chi connectivity index (χ1n) is 6.35. The van der Waals surface area contributed by atoms with Crippen molar-refractivity contribution >= 4 is 12.1 Å². The summed E-state index contributed by atoms with van der Waals surface area (Å²) in [4.78, 5) is 10.8. The van der Waals surface area contributed by atoms with Crippen LogP contribution in [0.5, 0.6) is 11.7 Å². The number of urea groups is 1. The lowest BCUT2D eigenvalue weighted by Crippen LogP contribution is -2.38. The van der Waals surface area contributed by atoms with Crippen molar-refractivity contribution in [2.45, 2.75) is 13.0 Å². The average molecular weight is 288 g/mol. The lowest BCUT2D eigenvalue weighted by atomic mass is 10.3. The van der Waals surface area contributed by atoms with Gasteiger partial charge in [0.2, 0.25) is 0 Å². The molecule has 2 aromatic rings. The Labute approximate surface area is 122 Å². The number of nitrogens with zero attached hydrogens (tertiary/aromatic N) is 1. The molecule has 21 heavy (non-hydrogen) atoms. The summed E-state index contributed by atoms with van der Waals surface area (Å²) in [5, 5.41) is 9.76. The number of rotatable bonds is 5. The highest BCUT2D eigenvalue weighted by Crippen LogP contribution is 2.24. The van der Waals surface area contributed by atoms with Gasteiger partial charge in [-0.05, 0) is 31.2 Å². The molecule has 0 spiro atoms. The second-order valence-corrected chi connectivity index (χ2v) is 4.35. The highest BCUT2D eigenvalue weighted by Gasteiger charge is 2.11. The summed E-state index contributed by atoms with van der Waals surface area (Å²) >= 11 is 0. The van der Waals surface area contributed by atoms with Gasteiger partial charge >= 0.3 is 6.03 Å². The largest absolute Gasteiger partial charge is 0.426 e. The van der Waals surface area contributed by atoms with Crippen molar-refractivity contribution in [2.24, 2.45) is 5.73 Å². The van der Waals surface area contributed by atoms with E-state index in [9.17, 15) is 10.0 Å². The van der Waals surface area contributed by atoms with Crippen molar-refractivity contribution in [3.63, 3.8) is 0 Å². The molecule has 3 N–H and O–H groups in total. The molecule has 0 bridgehead atoms. The summed E-state index contributed by atoms with van der Waals surface area (Å²) in [6.45, 7) is 1.62. The minimum absolute atomic E-state index is 0.351. The zero-order valence-corrected chi connectivity index (χ0v) is 11.5. The summed E-state index contributed by atoms with van der Waals surface area (Å²) in [5.41, 5.74) is 4.96. The minimum atomic E-state index is -0.917. The van der Waals surface area contributed by atoms with E-state index >= 15 is 0 Å². The van der Waals surface area contributed by atoms with E-state index in [-0.39, 0.29) is 0 Å². The van der Waals surface area contributed by atoms with Crippen LogP contribution in [0, 0.1) is 0 Å². The van der Waals surface area contributed by atoms with Crippen molar-refractivity contribution < 1.29 is 19.2 Å². The fourth-order valence-corrected chi connectivity index (χ4v) is 1.60. The van der Waals surface area contributed by atoms with E-state index in [2.05, 4.69) is 0 Å². The first-order chi connectivity index (χ1) is 10.1. The van der Waals surface area contributed by atoms with Crippen molar-refractivity contribution in [3.8, 4) is 11.7 Å². The number of nitrogens with two attached hydrogens (primary N) is 1. The maximum atomic E-state index is 10.8. The van der Waals surface area contributed by atoms with Crippen LogP contribution in [0.2, 0.25) is 0 Å². The number of carbonyl (C=O) groups excluding carboxylic acids is 1. The summed E-state index contributed by atoms with van der Waals surface area (Å²) < 4.78 is 11.0. The van der Waals surface area contributed by atoms with Gasteiger partial charge in [-0.3, -0.25) is 5.21 Å². The summed E-state index contributed by atoms with van der Waals surface area (Å²) in [6, 6.07) is 11.2. The van der Waals surface area contributed by atoms with Gasteiger partial charge in [-0.1, -0.05) is 24.3 Å². The van der Waals surface area contributed by atoms with Crippen LogP contribution in [0.4, 0.5) is 4.79 Å². The molecule has 6 heteroatoms. The SMILES string of the molecule is CC(/C=C/c1ccc(Oc2ccccc2)o1)N(O)C(N)=O. The van der Waals surface area contributed by atoms with Crippen LogP contribution in [0.3, 0.4) is 0 Å². The molecule has 0 aliphatic rings. The average Bonchev–Trinajstić information content (AvgIpc) is 2.92. The first-order valence-corrected chi connectivity index (χ1v) is 6.35. The predicted molar refractivity (Wildman–Crippen MR) is 76.9 cm³/mol. The second-order valence-electron chi connectivity index (χ2n) is 4.35. The Kier molecular flexibility index (Phi) is 4.63. The number of carbonyl (C=O) groups is 1. The van der Waals surface area contributed by atoms with Gasteiger partial charge in [0.15, 0.2) is 0 Å². The molecule has 1 heterocycles. The molecular weight excluding hydrogens is 272 g/mol. The molecule has 0 fully saturated rings. The van der Waals surface area contributed by atoms with E-state index in [0.717, 1.165) is 0 Å². The van der Waals surface area contributed by atoms with E-state index in [4.69, 9.17) is 14.9 Å². The maximum Gasteiger partial charge on any atom is 0.339 e. The molecular formula is C15H16N2O4. The van der Waals surface area contributed by atoms with Gasteiger partial charge in [0.25, 0.3) is 5.95 Å². The molecule has 1 aromatic heterocycles. The zero-order chi connectivity index (χ0) is 15.2. The summed E-state index contributed by atoms with van der Waals surface area (Å²) in [7, 11) is 0. The third kappa shape index (κ3) is 4.12. The molecule has 0 saturated carbocycles. The molecule has 110 valence electrons. The number of benzene rings is 1. The molecule has 2 rings (SSSR count). The second kappa shape index (κ2) is 6.62. The van der Waals surface area contributed by atoms with Gasteiger partial charge in [0.1, 0.15) is 11.5 Å². The van der Waals surface area contributed by atoms with Gasteiger partial charge in [0, 0.05) is 6.07 Å². The molecule has 1 aromatic carbocycles. The minimum Gasteiger partial charge on any atom is -0.426 e. The lowest BCUT2D eigenvalue weighted by Gasteiger charge is -2.16. The third-order valence-corrected chi connectivity index (χ3v) is 2.71. The Hall–Kier alpha value is -2.73. The van der Waals surface area contributed by atoms with Crippen LogP contribution in [-0.4, -0.2) is 22.3 Å². The van der Waals surface area contributed by atoms with Crippen LogP contribution in [-0.2, 0) is 0 Å². The van der Waals surface area contributed by atoms with Crippen molar-refractivity contribution in [1.29, 1.82) is 0 Å². The van der Waals surface area contributed by atoms with E-state index in [1.54, 1.807) is 31.2 Å². The molecule has 2 amide bonds. The summed E-state index contributed by atoms with van der Waals surface area (Å²) in [5.74, 6) is 1.56. The standard InChI is InChI=1S/C15H16N2O4/c1-11(17(19)15(16)18)7-8-13-9-10-14(21-13)20-12-5-3-2-4-6-12/h2-11,19H,1H3,(H2,16,18)/b8-7+. The topological polar surface area (TPSA) is 88.9 Å². The molecule has 1 atom stereocenters. The van der Waals surface area contributed by atoms with Crippen LogP contribution in [0.25, 0.3) is 6.08 Å². The van der Waals surface area contributed by atoms with E-state index < -0.39 is 12.1 Å². The number of hydrogen-bond acceptors (Lipinski definition) is 4. The fourth-order valence-electron chi connectivity index (χ4n) is 1.60. The fraction of sp³-hybridized carbons (Fsp3) is 0.133. The van der Waals surface area contributed by atoms with Crippen molar-refractivity contribution in [2.75, 3.05) is 0 Å². The number of furan rings is 1. The predicted octanol–water partition coefficient (Wildman–Crippen LogP) is 3.24. The smallest absolute Gasteiger partial charge is 0.339 e. The highest BCUT2D eigenvalue weighted by atomic mass is 16.6. The van der Waals surface area contributed by atoms with Gasteiger partial charge in [-0.2, -0.15) is 5.06 Å². The molecule has 1 unspecified atom stereocenters. The number of hydroxylamine groups is 2.